The van der Waals surface area contributed by atoms with Crippen LogP contribution in [0.5, 0.6) is 5.75 Å². The van der Waals surface area contributed by atoms with Crippen molar-refractivity contribution in [3.05, 3.63) is 77.1 Å². The van der Waals surface area contributed by atoms with E-state index in [0.717, 1.165) is 18.4 Å². The molecule has 162 valence electrons. The van der Waals surface area contributed by atoms with Crippen molar-refractivity contribution in [2.45, 2.75) is 37.8 Å². The first kappa shape index (κ1) is 21.1. The van der Waals surface area contributed by atoms with Crippen molar-refractivity contribution in [3.63, 3.8) is 0 Å². The third-order valence-corrected chi connectivity index (χ3v) is 5.95. The molecular weight excluding hydrogens is 394 g/mol. The zero-order chi connectivity index (χ0) is 21.8. The number of Topliss-reactive ketones (excluding diaryl/α,β-unsaturated/α-hetero) is 1. The van der Waals surface area contributed by atoms with E-state index < -0.39 is 17.7 Å². The van der Waals surface area contributed by atoms with Gasteiger partial charge >= 0.3 is 0 Å². The smallest absolute Gasteiger partial charge is 0.290 e. The van der Waals surface area contributed by atoms with Crippen LogP contribution in [0.3, 0.4) is 0 Å². The molecule has 2 aromatic carbocycles. The van der Waals surface area contributed by atoms with Gasteiger partial charge < -0.3 is 19.5 Å². The minimum absolute atomic E-state index is 0.104. The standard InChI is InChI=1S/C25H27NO5/c1-30-21-12-6-5-11-19(21)23-22(20(27)14-13-17-8-3-2-4-9-17)24(28)25(29)26(23)16-18-10-7-15-31-18/h2-6,8-9,11-12,18,23,28H,7,10,13-16H2,1H3. The maximum Gasteiger partial charge on any atom is 0.290 e. The Balaban J connectivity index is 1.66. The third kappa shape index (κ3) is 4.35. The van der Waals surface area contributed by atoms with Crippen LogP contribution in [-0.4, -0.2) is 48.1 Å². The van der Waals surface area contributed by atoms with Crippen molar-refractivity contribution in [2.75, 3.05) is 20.3 Å². The highest BCUT2D eigenvalue weighted by Crippen LogP contribution is 2.42. The van der Waals surface area contributed by atoms with E-state index in [9.17, 15) is 14.7 Å². The molecule has 0 radical (unpaired) electrons. The van der Waals surface area contributed by atoms with Gasteiger partial charge in [0.1, 0.15) is 5.75 Å². The highest BCUT2D eigenvalue weighted by atomic mass is 16.5. The molecule has 0 aliphatic carbocycles. The van der Waals surface area contributed by atoms with Crippen LogP contribution in [0.2, 0.25) is 0 Å². The molecule has 2 atom stereocenters. The quantitative estimate of drug-likeness (QED) is 0.702. The van der Waals surface area contributed by atoms with Crippen LogP contribution in [0.15, 0.2) is 65.9 Å². The van der Waals surface area contributed by atoms with Gasteiger partial charge in [-0.1, -0.05) is 48.5 Å². The van der Waals surface area contributed by atoms with Crippen molar-refractivity contribution >= 4 is 11.7 Å². The molecule has 31 heavy (non-hydrogen) atoms. The second-order valence-electron chi connectivity index (χ2n) is 7.91. The molecule has 1 N–H and O–H groups in total. The molecule has 1 amide bonds. The van der Waals surface area contributed by atoms with Crippen LogP contribution in [0.4, 0.5) is 0 Å². The lowest BCUT2D eigenvalue weighted by Gasteiger charge is -2.29. The van der Waals surface area contributed by atoms with Gasteiger partial charge in [0.05, 0.1) is 24.8 Å². The number of aliphatic hydroxyl groups excluding tert-OH is 1. The molecular formula is C25H27NO5. The molecule has 2 aromatic rings. The number of methoxy groups -OCH3 is 1. The Bertz CT molecular complexity index is 978. The number of ether oxygens (including phenoxy) is 2. The largest absolute Gasteiger partial charge is 0.503 e. The summed E-state index contributed by atoms with van der Waals surface area (Å²) in [6.45, 7) is 0.982. The van der Waals surface area contributed by atoms with Gasteiger partial charge in [-0.05, 0) is 30.9 Å². The molecule has 0 bridgehead atoms. The molecule has 2 unspecified atom stereocenters. The molecule has 0 aromatic heterocycles. The molecule has 1 saturated heterocycles. The summed E-state index contributed by atoms with van der Waals surface area (Å²) in [7, 11) is 1.56. The van der Waals surface area contributed by atoms with Crippen LogP contribution in [0.1, 0.15) is 36.4 Å². The normalized spacial score (nSPS) is 21.1. The number of nitrogens with zero attached hydrogens (tertiary/aromatic N) is 1. The molecule has 0 saturated carbocycles. The van der Waals surface area contributed by atoms with Crippen LogP contribution in [0.25, 0.3) is 0 Å². The summed E-state index contributed by atoms with van der Waals surface area (Å²) in [5.41, 5.74) is 1.86. The summed E-state index contributed by atoms with van der Waals surface area (Å²) < 4.78 is 11.2. The van der Waals surface area contributed by atoms with E-state index in [4.69, 9.17) is 9.47 Å². The number of benzene rings is 2. The highest BCUT2D eigenvalue weighted by molar-refractivity contribution is 6.09. The maximum atomic E-state index is 13.3. The van der Waals surface area contributed by atoms with Gasteiger partial charge in [-0.25, -0.2) is 0 Å². The summed E-state index contributed by atoms with van der Waals surface area (Å²) in [6, 6.07) is 16.3. The first-order valence-corrected chi connectivity index (χ1v) is 10.7. The van der Waals surface area contributed by atoms with Gasteiger partial charge in [0.25, 0.3) is 5.91 Å². The number of carbonyl (C=O) groups excluding carboxylic acids is 2. The van der Waals surface area contributed by atoms with E-state index in [-0.39, 0.29) is 23.9 Å². The van der Waals surface area contributed by atoms with Gasteiger partial charge in [0, 0.05) is 25.1 Å². The van der Waals surface area contributed by atoms with Crippen LogP contribution < -0.4 is 4.74 Å². The first-order valence-electron chi connectivity index (χ1n) is 10.7. The molecule has 6 nitrogen and oxygen atoms in total. The molecule has 4 rings (SSSR count). The first-order chi connectivity index (χ1) is 15.1. The predicted molar refractivity (Wildman–Crippen MR) is 116 cm³/mol. The molecule has 2 heterocycles. The van der Waals surface area contributed by atoms with Crippen molar-refractivity contribution in [1.29, 1.82) is 0 Å². The van der Waals surface area contributed by atoms with E-state index in [0.29, 0.717) is 30.9 Å². The Labute approximate surface area is 182 Å². The van der Waals surface area contributed by atoms with Crippen molar-refractivity contribution in [2.24, 2.45) is 0 Å². The third-order valence-electron chi connectivity index (χ3n) is 5.95. The van der Waals surface area contributed by atoms with Gasteiger partial charge in [-0.15, -0.1) is 0 Å². The Morgan fingerprint density at radius 2 is 1.90 bits per heavy atom. The SMILES string of the molecule is COc1ccccc1C1C(C(=O)CCc2ccccc2)=C(O)C(=O)N1CC1CCCO1. The highest BCUT2D eigenvalue weighted by Gasteiger charge is 2.45. The average molecular weight is 421 g/mol. The monoisotopic (exact) mass is 421 g/mol. The number of rotatable bonds is 8. The Kier molecular flexibility index (Phi) is 6.37. The van der Waals surface area contributed by atoms with Crippen molar-refractivity contribution in [3.8, 4) is 5.75 Å². The number of carbonyl (C=O) groups is 2. The minimum atomic E-state index is -0.698. The lowest BCUT2D eigenvalue weighted by atomic mass is 9.92. The molecule has 1 fully saturated rings. The van der Waals surface area contributed by atoms with Crippen LogP contribution >= 0.6 is 0 Å². The number of para-hydroxylation sites is 1. The molecule has 0 spiro atoms. The molecule has 2 aliphatic heterocycles. The zero-order valence-electron chi connectivity index (χ0n) is 17.6. The van der Waals surface area contributed by atoms with E-state index in [1.807, 2.05) is 48.5 Å². The lowest BCUT2D eigenvalue weighted by molar-refractivity contribution is -0.131. The summed E-state index contributed by atoms with van der Waals surface area (Å²) in [5.74, 6) is -0.664. The number of hydrogen-bond donors (Lipinski definition) is 1. The van der Waals surface area contributed by atoms with E-state index in [2.05, 4.69) is 0 Å². The fraction of sp³-hybridized carbons (Fsp3) is 0.360. The number of ketones is 1. The number of aliphatic hydroxyl groups is 1. The fourth-order valence-electron chi connectivity index (χ4n) is 4.39. The second kappa shape index (κ2) is 9.35. The Morgan fingerprint density at radius 3 is 2.61 bits per heavy atom. The summed E-state index contributed by atoms with van der Waals surface area (Å²) in [4.78, 5) is 27.9. The maximum absolute atomic E-state index is 13.3. The summed E-state index contributed by atoms with van der Waals surface area (Å²) in [6.07, 6.45) is 2.42. The van der Waals surface area contributed by atoms with Gasteiger partial charge in [-0.3, -0.25) is 9.59 Å². The van der Waals surface area contributed by atoms with E-state index >= 15 is 0 Å². The number of aryl methyl sites for hydroxylation is 1. The van der Waals surface area contributed by atoms with Crippen molar-refractivity contribution < 1.29 is 24.2 Å². The summed E-state index contributed by atoms with van der Waals surface area (Å²) in [5, 5.41) is 10.8. The van der Waals surface area contributed by atoms with Crippen LogP contribution in [0, 0.1) is 0 Å². The Morgan fingerprint density at radius 1 is 1.16 bits per heavy atom. The molecule has 6 heteroatoms. The average Bonchev–Trinajstić information content (AvgIpc) is 3.40. The topological polar surface area (TPSA) is 76.1 Å². The number of hydrogen-bond acceptors (Lipinski definition) is 5. The van der Waals surface area contributed by atoms with Gasteiger partial charge in [0.15, 0.2) is 11.5 Å². The van der Waals surface area contributed by atoms with E-state index in [1.54, 1.807) is 18.1 Å². The fourth-order valence-corrected chi connectivity index (χ4v) is 4.39. The predicted octanol–water partition coefficient (Wildman–Crippen LogP) is 3.77. The summed E-state index contributed by atoms with van der Waals surface area (Å²) >= 11 is 0. The van der Waals surface area contributed by atoms with Gasteiger partial charge in [-0.2, -0.15) is 0 Å². The lowest BCUT2D eigenvalue weighted by Crippen LogP contribution is -2.37. The van der Waals surface area contributed by atoms with Crippen molar-refractivity contribution in [1.82, 2.24) is 4.90 Å². The Hall–Kier alpha value is -3.12. The number of amides is 1. The van der Waals surface area contributed by atoms with E-state index in [1.165, 1.54) is 0 Å². The second-order valence-corrected chi connectivity index (χ2v) is 7.91. The molecule has 2 aliphatic rings. The van der Waals surface area contributed by atoms with Gasteiger partial charge in [0.2, 0.25) is 0 Å². The zero-order valence-corrected chi connectivity index (χ0v) is 17.6. The minimum Gasteiger partial charge on any atom is -0.503 e. The van der Waals surface area contributed by atoms with Crippen LogP contribution in [-0.2, 0) is 20.7 Å².